The first-order valence-corrected chi connectivity index (χ1v) is 4.53. The molecule has 0 aliphatic carbocycles. The summed E-state index contributed by atoms with van der Waals surface area (Å²) in [5.41, 5.74) is 1.04. The van der Waals surface area contributed by atoms with Crippen molar-refractivity contribution >= 4 is 11.2 Å². The van der Waals surface area contributed by atoms with Crippen molar-refractivity contribution in [3.8, 4) is 0 Å². The normalized spacial score (nSPS) is 11.4. The molecule has 2 rings (SSSR count). The Hall–Kier alpha value is -1.65. The van der Waals surface area contributed by atoms with Crippen LogP contribution in [-0.4, -0.2) is 19.5 Å². The van der Waals surface area contributed by atoms with Gasteiger partial charge in [0.2, 0.25) is 0 Å². The smallest absolute Gasteiger partial charge is 0.340 e. The third kappa shape index (κ3) is 1.30. The molecular formula is C9H12N4O. The highest BCUT2D eigenvalue weighted by Gasteiger charge is 2.06. The number of H-pyrrole nitrogens is 1. The predicted octanol–water partition coefficient (Wildman–Crippen LogP) is 1.01. The zero-order chi connectivity index (χ0) is 10.3. The predicted molar refractivity (Wildman–Crippen MR) is 53.3 cm³/mol. The molecule has 0 aliphatic heterocycles. The SMILES string of the molecule is Cc1nc2nc(=O)n(C(C)C)cc2[nH]1. The number of aromatic nitrogens is 4. The summed E-state index contributed by atoms with van der Waals surface area (Å²) >= 11 is 0. The molecule has 0 spiro atoms. The average molecular weight is 192 g/mol. The van der Waals surface area contributed by atoms with Crippen LogP contribution in [0.15, 0.2) is 11.0 Å². The van der Waals surface area contributed by atoms with Gasteiger partial charge in [-0.15, -0.1) is 0 Å². The molecular weight excluding hydrogens is 180 g/mol. The second-order valence-electron chi connectivity index (χ2n) is 3.58. The second kappa shape index (κ2) is 2.94. The summed E-state index contributed by atoms with van der Waals surface area (Å²) in [6.07, 6.45) is 1.76. The van der Waals surface area contributed by atoms with Crippen LogP contribution in [0.25, 0.3) is 11.2 Å². The minimum atomic E-state index is -0.251. The molecule has 0 bridgehead atoms. The monoisotopic (exact) mass is 192 g/mol. The summed E-state index contributed by atoms with van der Waals surface area (Å²) in [6, 6.07) is 0.114. The van der Waals surface area contributed by atoms with Crippen LogP contribution in [0, 0.1) is 6.92 Å². The zero-order valence-corrected chi connectivity index (χ0v) is 8.40. The van der Waals surface area contributed by atoms with E-state index >= 15 is 0 Å². The van der Waals surface area contributed by atoms with E-state index in [1.54, 1.807) is 10.8 Å². The van der Waals surface area contributed by atoms with Crippen LogP contribution in [-0.2, 0) is 0 Å². The molecule has 0 atom stereocenters. The number of nitrogens with zero attached hydrogens (tertiary/aromatic N) is 3. The minimum absolute atomic E-state index is 0.114. The van der Waals surface area contributed by atoms with Crippen LogP contribution in [0.5, 0.6) is 0 Å². The number of aromatic amines is 1. The van der Waals surface area contributed by atoms with Gasteiger partial charge in [-0.1, -0.05) is 0 Å². The highest BCUT2D eigenvalue weighted by Crippen LogP contribution is 2.07. The van der Waals surface area contributed by atoms with Crippen molar-refractivity contribution in [2.45, 2.75) is 26.8 Å². The van der Waals surface area contributed by atoms with Crippen LogP contribution in [0.3, 0.4) is 0 Å². The van der Waals surface area contributed by atoms with Crippen LogP contribution >= 0.6 is 0 Å². The van der Waals surface area contributed by atoms with Gasteiger partial charge in [0.25, 0.3) is 0 Å². The summed E-state index contributed by atoms with van der Waals surface area (Å²) in [5.74, 6) is 0.772. The first-order chi connectivity index (χ1) is 6.58. The Labute approximate surface area is 80.8 Å². The maximum atomic E-state index is 11.5. The van der Waals surface area contributed by atoms with Gasteiger partial charge in [-0.3, -0.25) is 4.57 Å². The van der Waals surface area contributed by atoms with Crippen molar-refractivity contribution < 1.29 is 0 Å². The number of nitrogens with one attached hydrogen (secondary N) is 1. The van der Waals surface area contributed by atoms with E-state index in [9.17, 15) is 4.79 Å². The number of imidazole rings is 1. The fraction of sp³-hybridized carbons (Fsp3) is 0.444. The van der Waals surface area contributed by atoms with Crippen LogP contribution < -0.4 is 5.69 Å². The van der Waals surface area contributed by atoms with Crippen molar-refractivity contribution in [3.63, 3.8) is 0 Å². The van der Waals surface area contributed by atoms with E-state index in [-0.39, 0.29) is 11.7 Å². The lowest BCUT2D eigenvalue weighted by molar-refractivity contribution is 0.568. The van der Waals surface area contributed by atoms with Gasteiger partial charge in [0.1, 0.15) is 11.3 Å². The van der Waals surface area contributed by atoms with E-state index < -0.39 is 0 Å². The fourth-order valence-electron chi connectivity index (χ4n) is 1.39. The molecule has 2 aromatic heterocycles. The summed E-state index contributed by atoms with van der Waals surface area (Å²) in [5, 5.41) is 0. The van der Waals surface area contributed by atoms with Crippen molar-refractivity contribution in [2.75, 3.05) is 0 Å². The van der Waals surface area contributed by atoms with Crippen LogP contribution in [0.2, 0.25) is 0 Å². The van der Waals surface area contributed by atoms with Gasteiger partial charge in [-0.25, -0.2) is 9.78 Å². The Morgan fingerprint density at radius 2 is 2.14 bits per heavy atom. The Balaban J connectivity index is 2.76. The lowest BCUT2D eigenvalue weighted by Crippen LogP contribution is -2.23. The molecule has 0 saturated heterocycles. The molecule has 0 aliphatic rings. The first kappa shape index (κ1) is 8.93. The third-order valence-corrected chi connectivity index (χ3v) is 2.08. The molecule has 2 heterocycles. The summed E-state index contributed by atoms with van der Waals surface area (Å²) in [4.78, 5) is 22.5. The molecule has 0 radical (unpaired) electrons. The second-order valence-corrected chi connectivity index (χ2v) is 3.58. The molecule has 0 amide bonds. The molecule has 0 unspecified atom stereocenters. The molecule has 14 heavy (non-hydrogen) atoms. The van der Waals surface area contributed by atoms with E-state index in [2.05, 4.69) is 15.0 Å². The van der Waals surface area contributed by atoms with E-state index in [1.807, 2.05) is 20.8 Å². The molecule has 0 saturated carbocycles. The van der Waals surface area contributed by atoms with E-state index in [1.165, 1.54) is 0 Å². The van der Waals surface area contributed by atoms with Crippen molar-refractivity contribution in [1.82, 2.24) is 19.5 Å². The quantitative estimate of drug-likeness (QED) is 0.733. The van der Waals surface area contributed by atoms with Gasteiger partial charge in [0, 0.05) is 12.2 Å². The molecule has 2 aromatic rings. The number of fused-ring (bicyclic) bond motifs is 1. The first-order valence-electron chi connectivity index (χ1n) is 4.53. The zero-order valence-electron chi connectivity index (χ0n) is 8.40. The van der Waals surface area contributed by atoms with Gasteiger partial charge < -0.3 is 4.98 Å². The molecule has 5 nitrogen and oxygen atoms in total. The maximum Gasteiger partial charge on any atom is 0.349 e. The Kier molecular flexibility index (Phi) is 1.87. The molecule has 74 valence electrons. The number of hydrogen-bond donors (Lipinski definition) is 1. The minimum Gasteiger partial charge on any atom is -0.340 e. The van der Waals surface area contributed by atoms with Gasteiger partial charge in [-0.05, 0) is 20.8 Å². The van der Waals surface area contributed by atoms with Gasteiger partial charge in [-0.2, -0.15) is 4.98 Å². The third-order valence-electron chi connectivity index (χ3n) is 2.08. The Morgan fingerprint density at radius 3 is 2.79 bits per heavy atom. The van der Waals surface area contributed by atoms with E-state index in [4.69, 9.17) is 0 Å². The maximum absolute atomic E-state index is 11.5. The summed E-state index contributed by atoms with van der Waals surface area (Å²) in [6.45, 7) is 5.72. The van der Waals surface area contributed by atoms with Crippen LogP contribution in [0.1, 0.15) is 25.7 Å². The van der Waals surface area contributed by atoms with Crippen molar-refractivity contribution in [3.05, 3.63) is 22.5 Å². The van der Waals surface area contributed by atoms with E-state index in [0.717, 1.165) is 11.3 Å². The number of rotatable bonds is 1. The van der Waals surface area contributed by atoms with Crippen molar-refractivity contribution in [1.29, 1.82) is 0 Å². The van der Waals surface area contributed by atoms with Crippen LogP contribution in [0.4, 0.5) is 0 Å². The highest BCUT2D eigenvalue weighted by atomic mass is 16.1. The average Bonchev–Trinajstić information content (AvgIpc) is 2.42. The van der Waals surface area contributed by atoms with E-state index in [0.29, 0.717) is 5.65 Å². The van der Waals surface area contributed by atoms with Gasteiger partial charge in [0.05, 0.1) is 0 Å². The molecule has 0 fully saturated rings. The standard InChI is InChI=1S/C9H12N4O/c1-5(2)13-4-7-8(12-9(13)14)11-6(3)10-7/h4-5H,1-3H3,(H,10,11,12,14). The lowest BCUT2D eigenvalue weighted by Gasteiger charge is -2.07. The number of aryl methyl sites for hydroxylation is 1. The summed E-state index contributed by atoms with van der Waals surface area (Å²) in [7, 11) is 0. The van der Waals surface area contributed by atoms with Gasteiger partial charge in [0.15, 0.2) is 5.65 Å². The fourth-order valence-corrected chi connectivity index (χ4v) is 1.39. The molecule has 1 N–H and O–H groups in total. The molecule has 5 heteroatoms. The largest absolute Gasteiger partial charge is 0.349 e. The Morgan fingerprint density at radius 1 is 1.43 bits per heavy atom. The lowest BCUT2D eigenvalue weighted by atomic mass is 10.4. The Bertz CT molecular complexity index is 523. The topological polar surface area (TPSA) is 63.6 Å². The number of hydrogen-bond acceptors (Lipinski definition) is 3. The van der Waals surface area contributed by atoms with Crippen molar-refractivity contribution in [2.24, 2.45) is 0 Å². The molecule has 0 aromatic carbocycles. The summed E-state index contributed by atoms with van der Waals surface area (Å²) < 4.78 is 1.58. The van der Waals surface area contributed by atoms with Gasteiger partial charge >= 0.3 is 5.69 Å². The highest BCUT2D eigenvalue weighted by molar-refractivity contribution is 5.68.